The standard InChI is InChI=1S/C16H19FN2O3/c1-9(2)7-19(8-15(20)21)16(22)14-6-12-10(3)4-11(17)5-13(12)18-14/h4-6,9,18H,7-8H2,1-3H3,(H,20,21). The van der Waals surface area contributed by atoms with Gasteiger partial charge in [0.15, 0.2) is 0 Å². The van der Waals surface area contributed by atoms with Crippen LogP contribution in [0.4, 0.5) is 4.39 Å². The summed E-state index contributed by atoms with van der Waals surface area (Å²) < 4.78 is 13.4. The molecule has 22 heavy (non-hydrogen) atoms. The summed E-state index contributed by atoms with van der Waals surface area (Å²) in [6.45, 7) is 5.56. The number of hydrogen-bond donors (Lipinski definition) is 2. The number of rotatable bonds is 5. The van der Waals surface area contributed by atoms with E-state index in [2.05, 4.69) is 4.98 Å². The van der Waals surface area contributed by atoms with E-state index in [1.54, 1.807) is 13.0 Å². The summed E-state index contributed by atoms with van der Waals surface area (Å²) >= 11 is 0. The van der Waals surface area contributed by atoms with Crippen LogP contribution in [-0.4, -0.2) is 40.0 Å². The van der Waals surface area contributed by atoms with Crippen LogP contribution in [-0.2, 0) is 4.79 Å². The Bertz CT molecular complexity index is 721. The van der Waals surface area contributed by atoms with Crippen molar-refractivity contribution in [3.8, 4) is 0 Å². The van der Waals surface area contributed by atoms with Crippen molar-refractivity contribution in [3.05, 3.63) is 35.3 Å². The smallest absolute Gasteiger partial charge is 0.323 e. The molecule has 1 aromatic heterocycles. The Labute approximate surface area is 127 Å². The van der Waals surface area contributed by atoms with E-state index in [4.69, 9.17) is 5.11 Å². The fourth-order valence-corrected chi connectivity index (χ4v) is 2.48. The van der Waals surface area contributed by atoms with Crippen LogP contribution in [0.1, 0.15) is 29.9 Å². The number of nitrogens with zero attached hydrogens (tertiary/aromatic N) is 1. The van der Waals surface area contributed by atoms with Crippen LogP contribution in [0, 0.1) is 18.7 Å². The lowest BCUT2D eigenvalue weighted by atomic mass is 10.1. The van der Waals surface area contributed by atoms with Crippen LogP contribution in [0.25, 0.3) is 10.9 Å². The number of aromatic amines is 1. The first-order chi connectivity index (χ1) is 10.3. The average molecular weight is 306 g/mol. The van der Waals surface area contributed by atoms with Gasteiger partial charge in [0.25, 0.3) is 5.91 Å². The maximum absolute atomic E-state index is 13.4. The Morgan fingerprint density at radius 2 is 2.00 bits per heavy atom. The highest BCUT2D eigenvalue weighted by atomic mass is 19.1. The Hall–Kier alpha value is -2.37. The molecule has 0 radical (unpaired) electrons. The number of aryl methyl sites for hydroxylation is 1. The van der Waals surface area contributed by atoms with Crippen molar-refractivity contribution in [2.24, 2.45) is 5.92 Å². The van der Waals surface area contributed by atoms with Crippen molar-refractivity contribution in [1.29, 1.82) is 0 Å². The molecular weight excluding hydrogens is 287 g/mol. The molecule has 0 spiro atoms. The maximum atomic E-state index is 13.4. The predicted octanol–water partition coefficient (Wildman–Crippen LogP) is 2.80. The van der Waals surface area contributed by atoms with Crippen molar-refractivity contribution in [2.45, 2.75) is 20.8 Å². The lowest BCUT2D eigenvalue weighted by molar-refractivity contribution is -0.137. The number of carboxylic acid groups (broad SMARTS) is 1. The second kappa shape index (κ2) is 6.17. The number of hydrogen-bond acceptors (Lipinski definition) is 2. The highest BCUT2D eigenvalue weighted by Crippen LogP contribution is 2.22. The molecule has 5 nitrogen and oxygen atoms in total. The number of benzene rings is 1. The number of halogens is 1. The molecule has 6 heteroatoms. The van der Waals surface area contributed by atoms with Gasteiger partial charge in [0.05, 0.1) is 0 Å². The van der Waals surface area contributed by atoms with Crippen LogP contribution >= 0.6 is 0 Å². The molecule has 2 rings (SSSR count). The zero-order valence-electron chi connectivity index (χ0n) is 12.8. The van der Waals surface area contributed by atoms with Crippen molar-refractivity contribution < 1.29 is 19.1 Å². The van der Waals surface area contributed by atoms with Gasteiger partial charge < -0.3 is 15.0 Å². The molecule has 1 heterocycles. The van der Waals surface area contributed by atoms with Gasteiger partial charge in [0.1, 0.15) is 18.1 Å². The molecule has 0 saturated heterocycles. The Morgan fingerprint density at radius 3 is 2.59 bits per heavy atom. The van der Waals surface area contributed by atoms with Gasteiger partial charge in [-0.25, -0.2) is 4.39 Å². The molecule has 0 atom stereocenters. The highest BCUT2D eigenvalue weighted by molar-refractivity contribution is 5.99. The first-order valence-electron chi connectivity index (χ1n) is 7.08. The zero-order chi connectivity index (χ0) is 16.4. The second-order valence-corrected chi connectivity index (χ2v) is 5.84. The Morgan fingerprint density at radius 1 is 1.32 bits per heavy atom. The fourth-order valence-electron chi connectivity index (χ4n) is 2.48. The molecule has 0 bridgehead atoms. The molecule has 0 unspecified atom stereocenters. The molecule has 0 aliphatic heterocycles. The summed E-state index contributed by atoms with van der Waals surface area (Å²) in [5, 5.41) is 9.71. The monoisotopic (exact) mass is 306 g/mol. The number of amides is 1. The van der Waals surface area contributed by atoms with E-state index in [0.717, 1.165) is 10.9 Å². The lowest BCUT2D eigenvalue weighted by Gasteiger charge is -2.22. The third-order valence-electron chi connectivity index (χ3n) is 3.34. The minimum Gasteiger partial charge on any atom is -0.480 e. The first kappa shape index (κ1) is 16.0. The van der Waals surface area contributed by atoms with Gasteiger partial charge in [-0.15, -0.1) is 0 Å². The van der Waals surface area contributed by atoms with Crippen molar-refractivity contribution in [2.75, 3.05) is 13.1 Å². The number of H-pyrrole nitrogens is 1. The maximum Gasteiger partial charge on any atom is 0.323 e. The van der Waals surface area contributed by atoms with E-state index in [1.807, 2.05) is 13.8 Å². The number of fused-ring (bicyclic) bond motifs is 1. The number of aliphatic carboxylic acids is 1. The zero-order valence-corrected chi connectivity index (χ0v) is 12.8. The van der Waals surface area contributed by atoms with Gasteiger partial charge in [0.2, 0.25) is 0 Å². The van der Waals surface area contributed by atoms with Crippen LogP contribution in [0.2, 0.25) is 0 Å². The van der Waals surface area contributed by atoms with E-state index in [1.165, 1.54) is 17.0 Å². The van der Waals surface area contributed by atoms with Crippen molar-refractivity contribution in [3.63, 3.8) is 0 Å². The van der Waals surface area contributed by atoms with Gasteiger partial charge in [-0.3, -0.25) is 9.59 Å². The van der Waals surface area contributed by atoms with Crippen LogP contribution in [0.5, 0.6) is 0 Å². The van der Waals surface area contributed by atoms with E-state index < -0.39 is 11.9 Å². The largest absolute Gasteiger partial charge is 0.480 e. The molecule has 1 amide bonds. The van der Waals surface area contributed by atoms with Gasteiger partial charge in [-0.1, -0.05) is 13.8 Å². The molecule has 0 fully saturated rings. The van der Waals surface area contributed by atoms with Gasteiger partial charge in [-0.2, -0.15) is 0 Å². The normalized spacial score (nSPS) is 11.1. The summed E-state index contributed by atoms with van der Waals surface area (Å²) in [6, 6.07) is 4.36. The molecule has 0 aliphatic rings. The molecular formula is C16H19FN2O3. The van der Waals surface area contributed by atoms with E-state index in [-0.39, 0.29) is 24.0 Å². The number of carboxylic acids is 1. The molecule has 118 valence electrons. The van der Waals surface area contributed by atoms with Gasteiger partial charge in [0, 0.05) is 17.4 Å². The van der Waals surface area contributed by atoms with Crippen molar-refractivity contribution in [1.82, 2.24) is 9.88 Å². The average Bonchev–Trinajstić information content (AvgIpc) is 2.80. The molecule has 1 aromatic carbocycles. The van der Waals surface area contributed by atoms with E-state index in [0.29, 0.717) is 12.1 Å². The topological polar surface area (TPSA) is 73.4 Å². The molecule has 0 aliphatic carbocycles. The quantitative estimate of drug-likeness (QED) is 0.892. The Kier molecular flexibility index (Phi) is 4.49. The summed E-state index contributed by atoms with van der Waals surface area (Å²) in [5.74, 6) is -1.69. The first-order valence-corrected chi connectivity index (χ1v) is 7.08. The lowest BCUT2D eigenvalue weighted by Crippen LogP contribution is -2.38. The molecule has 2 N–H and O–H groups in total. The summed E-state index contributed by atoms with van der Waals surface area (Å²) in [6.07, 6.45) is 0. The predicted molar refractivity (Wildman–Crippen MR) is 81.4 cm³/mol. The minimum atomic E-state index is -1.06. The SMILES string of the molecule is Cc1cc(F)cc2[nH]c(C(=O)N(CC(=O)O)CC(C)C)cc12. The second-order valence-electron chi connectivity index (χ2n) is 5.84. The minimum absolute atomic E-state index is 0.145. The Balaban J connectivity index is 2.37. The number of carbonyl (C=O) groups excluding carboxylic acids is 1. The highest BCUT2D eigenvalue weighted by Gasteiger charge is 2.21. The summed E-state index contributed by atoms with van der Waals surface area (Å²) in [5.41, 5.74) is 1.52. The van der Waals surface area contributed by atoms with E-state index in [9.17, 15) is 14.0 Å². The van der Waals surface area contributed by atoms with Crippen LogP contribution < -0.4 is 0 Å². The molecule has 2 aromatic rings. The van der Waals surface area contributed by atoms with Crippen molar-refractivity contribution >= 4 is 22.8 Å². The van der Waals surface area contributed by atoms with Crippen LogP contribution in [0.3, 0.4) is 0 Å². The van der Waals surface area contributed by atoms with E-state index >= 15 is 0 Å². The molecule has 0 saturated carbocycles. The summed E-state index contributed by atoms with van der Waals surface area (Å²) in [4.78, 5) is 27.6. The summed E-state index contributed by atoms with van der Waals surface area (Å²) in [7, 11) is 0. The third-order valence-corrected chi connectivity index (χ3v) is 3.34. The number of nitrogens with one attached hydrogen (secondary N) is 1. The van der Waals surface area contributed by atoms with Gasteiger partial charge >= 0.3 is 5.97 Å². The van der Waals surface area contributed by atoms with Crippen LogP contribution in [0.15, 0.2) is 18.2 Å². The number of aromatic nitrogens is 1. The third kappa shape index (κ3) is 3.44. The van der Waals surface area contributed by atoms with Gasteiger partial charge in [-0.05, 0) is 36.6 Å². The number of carbonyl (C=O) groups is 2. The fraction of sp³-hybridized carbons (Fsp3) is 0.375.